The molecular weight excluding hydrogens is 594 g/mol. The summed E-state index contributed by atoms with van der Waals surface area (Å²) < 4.78 is 43.6. The summed E-state index contributed by atoms with van der Waals surface area (Å²) in [6, 6.07) is 6.72. The van der Waals surface area contributed by atoms with Crippen molar-refractivity contribution in [3.8, 4) is 5.75 Å². The van der Waals surface area contributed by atoms with Gasteiger partial charge in [-0.1, -0.05) is 6.92 Å². The molecule has 5 aliphatic carbocycles. The summed E-state index contributed by atoms with van der Waals surface area (Å²) in [7, 11) is 8.44. The second-order valence-corrected chi connectivity index (χ2v) is 14.5. The van der Waals surface area contributed by atoms with Crippen LogP contribution in [-0.4, -0.2) is 119 Å². The zero-order valence-electron chi connectivity index (χ0n) is 28.0. The number of piperidine rings is 1. The monoisotopic (exact) mass is 643 g/mol. The number of likely N-dealkylation sites (tertiary alicyclic amines) is 1. The first-order valence-corrected chi connectivity index (χ1v) is 16.7. The molecule has 11 nitrogen and oxygen atoms in total. The van der Waals surface area contributed by atoms with Gasteiger partial charge >= 0.3 is 11.9 Å². The molecule has 5 saturated carbocycles. The maximum absolute atomic E-state index is 13.9. The van der Waals surface area contributed by atoms with Crippen LogP contribution >= 0.6 is 0 Å². The third-order valence-corrected chi connectivity index (χ3v) is 13.3. The van der Waals surface area contributed by atoms with Crippen LogP contribution < -0.4 is 4.74 Å². The van der Waals surface area contributed by atoms with E-state index in [-0.39, 0.29) is 41.4 Å². The number of benzene rings is 1. The van der Waals surface area contributed by atoms with Crippen LogP contribution in [0.3, 0.4) is 0 Å². The number of ether oxygens (including phenoxy) is 7. The van der Waals surface area contributed by atoms with Gasteiger partial charge in [-0.3, -0.25) is 9.69 Å². The van der Waals surface area contributed by atoms with Crippen molar-refractivity contribution in [3.63, 3.8) is 0 Å². The fourth-order valence-electron chi connectivity index (χ4n) is 12.5. The van der Waals surface area contributed by atoms with E-state index in [1.165, 1.54) is 6.92 Å². The first-order chi connectivity index (χ1) is 22.1. The lowest BCUT2D eigenvalue weighted by molar-refractivity contribution is -0.303. The number of aliphatic hydroxyl groups is 1. The summed E-state index contributed by atoms with van der Waals surface area (Å²) in [4.78, 5) is 29.7. The van der Waals surface area contributed by atoms with Gasteiger partial charge in [-0.15, -0.1) is 0 Å². The number of esters is 2. The SMILES string of the molecule is CCN1C[C@]2(COC)CC[C@H](OC)[C@]34C1[C@@H]([C@H](OC)C23)[C@]1(OC(C)=O)[C@H]2[C@@H](OC(=O)c3ccc(OC)cc3)[C@H](C[C@H]24)C(OC)[C@@H]1O. The minimum atomic E-state index is -1.43. The lowest BCUT2D eigenvalue weighted by atomic mass is 9.43. The molecule has 0 amide bonds. The van der Waals surface area contributed by atoms with Gasteiger partial charge in [0.25, 0.3) is 0 Å². The smallest absolute Gasteiger partial charge is 0.338 e. The second kappa shape index (κ2) is 11.4. The Balaban J connectivity index is 1.46. The molecule has 1 N–H and O–H groups in total. The van der Waals surface area contributed by atoms with E-state index in [1.807, 2.05) is 0 Å². The summed E-state index contributed by atoms with van der Waals surface area (Å²) in [5.74, 6) is -1.70. The Kier molecular flexibility index (Phi) is 8.01. The Morgan fingerprint density at radius 1 is 0.978 bits per heavy atom. The molecule has 1 aliphatic heterocycles. The predicted molar refractivity (Wildman–Crippen MR) is 164 cm³/mol. The van der Waals surface area contributed by atoms with Gasteiger partial charge in [0.05, 0.1) is 37.6 Å². The van der Waals surface area contributed by atoms with Crippen molar-refractivity contribution in [2.24, 2.45) is 40.4 Å². The van der Waals surface area contributed by atoms with E-state index in [2.05, 4.69) is 11.8 Å². The van der Waals surface area contributed by atoms with Crippen LogP contribution in [0.4, 0.5) is 0 Å². The molecule has 254 valence electrons. The maximum atomic E-state index is 13.9. The highest BCUT2D eigenvalue weighted by Crippen LogP contribution is 2.80. The molecule has 1 aromatic carbocycles. The van der Waals surface area contributed by atoms with Crippen molar-refractivity contribution in [1.29, 1.82) is 0 Å². The lowest BCUT2D eigenvalue weighted by Crippen LogP contribution is -2.79. The number of carbonyl (C=O) groups is 2. The van der Waals surface area contributed by atoms with Crippen LogP contribution in [0, 0.1) is 40.4 Å². The van der Waals surface area contributed by atoms with E-state index in [4.69, 9.17) is 33.2 Å². The molecule has 14 atom stereocenters. The number of fused-ring (bicyclic) bond motifs is 2. The van der Waals surface area contributed by atoms with Gasteiger partial charge in [0.1, 0.15) is 18.0 Å². The highest BCUT2D eigenvalue weighted by Gasteiger charge is 2.89. The molecule has 1 heterocycles. The average molecular weight is 644 g/mol. The number of hydrogen-bond acceptors (Lipinski definition) is 11. The zero-order chi connectivity index (χ0) is 32.8. The van der Waals surface area contributed by atoms with Crippen molar-refractivity contribution in [1.82, 2.24) is 4.90 Å². The van der Waals surface area contributed by atoms with E-state index in [1.54, 1.807) is 59.8 Å². The summed E-state index contributed by atoms with van der Waals surface area (Å²) >= 11 is 0. The number of carbonyl (C=O) groups excluding carboxylic acids is 2. The summed E-state index contributed by atoms with van der Waals surface area (Å²) in [6.07, 6.45) is -0.659. The van der Waals surface area contributed by atoms with Crippen LogP contribution in [0.5, 0.6) is 5.75 Å². The molecule has 7 bridgehead atoms. The van der Waals surface area contributed by atoms with Gasteiger partial charge in [-0.05, 0) is 56.0 Å². The molecule has 1 spiro atoms. The van der Waals surface area contributed by atoms with Crippen molar-refractivity contribution in [2.45, 2.75) is 75.3 Å². The van der Waals surface area contributed by atoms with Gasteiger partial charge in [-0.2, -0.15) is 0 Å². The molecule has 6 fully saturated rings. The van der Waals surface area contributed by atoms with Gasteiger partial charge in [0, 0.05) is 82.5 Å². The van der Waals surface area contributed by atoms with E-state index in [9.17, 15) is 14.7 Å². The highest BCUT2D eigenvalue weighted by atomic mass is 16.6. The Hall–Kier alpha value is -2.28. The Bertz CT molecular complexity index is 1340. The fraction of sp³-hybridized carbons (Fsp3) is 0.771. The minimum Gasteiger partial charge on any atom is -0.497 e. The van der Waals surface area contributed by atoms with E-state index >= 15 is 0 Å². The van der Waals surface area contributed by atoms with Crippen LogP contribution in [0.2, 0.25) is 0 Å². The molecular formula is C35H49NO10. The topological polar surface area (TPSA) is 122 Å². The van der Waals surface area contributed by atoms with Crippen molar-refractivity contribution in [2.75, 3.05) is 55.2 Å². The number of aliphatic hydroxyl groups excluding tert-OH is 1. The number of nitrogens with zero attached hydrogens (tertiary/aromatic N) is 1. The van der Waals surface area contributed by atoms with Crippen LogP contribution in [0.1, 0.15) is 43.5 Å². The van der Waals surface area contributed by atoms with Gasteiger partial charge in [0.2, 0.25) is 0 Å². The summed E-state index contributed by atoms with van der Waals surface area (Å²) in [5.41, 5.74) is -1.71. The number of hydrogen-bond donors (Lipinski definition) is 1. The Morgan fingerprint density at radius 3 is 2.28 bits per heavy atom. The third-order valence-electron chi connectivity index (χ3n) is 13.3. The van der Waals surface area contributed by atoms with E-state index < -0.39 is 53.1 Å². The molecule has 1 aromatic rings. The van der Waals surface area contributed by atoms with Crippen LogP contribution in [0.25, 0.3) is 0 Å². The van der Waals surface area contributed by atoms with Crippen LogP contribution in [0.15, 0.2) is 24.3 Å². The number of rotatable bonds is 10. The minimum absolute atomic E-state index is 0.00867. The normalized spacial score (nSPS) is 46.6. The van der Waals surface area contributed by atoms with Gasteiger partial charge < -0.3 is 38.3 Å². The predicted octanol–water partition coefficient (Wildman–Crippen LogP) is 2.57. The molecule has 0 radical (unpaired) electrons. The van der Waals surface area contributed by atoms with Crippen molar-refractivity contribution < 1.29 is 47.9 Å². The standard InChI is InChI=1S/C35H49NO10/c1-8-36-16-33(17-40-3)14-13-23(42-5)34-22-15-21-26(45-32(39)19-9-11-20(41-4)12-10-19)24(22)35(46-18(2)37,31(38)27(21)43-6)25(30(34)36)28(44-7)29(33)34/h9-12,21-31,38H,8,13-17H2,1-7H3/t21-,22+,23-,24+,25+,26-,27?,28-,29?,30?,31-,33-,34-,35+/m0/s1. The first kappa shape index (κ1) is 32.3. The molecule has 3 unspecified atom stereocenters. The van der Waals surface area contributed by atoms with Crippen LogP contribution in [-0.2, 0) is 33.2 Å². The quantitative estimate of drug-likeness (QED) is 0.379. The number of methoxy groups -OCH3 is 5. The molecule has 0 aromatic heterocycles. The van der Waals surface area contributed by atoms with Gasteiger partial charge in [-0.25, -0.2) is 4.79 Å². The van der Waals surface area contributed by atoms with E-state index in [0.717, 1.165) is 25.9 Å². The second-order valence-electron chi connectivity index (χ2n) is 14.5. The molecule has 7 rings (SSSR count). The first-order valence-electron chi connectivity index (χ1n) is 16.7. The third kappa shape index (κ3) is 3.87. The average Bonchev–Trinajstić information content (AvgIpc) is 3.48. The zero-order valence-corrected chi connectivity index (χ0v) is 28.0. The van der Waals surface area contributed by atoms with E-state index in [0.29, 0.717) is 24.3 Å². The molecule has 6 aliphatic rings. The molecule has 46 heavy (non-hydrogen) atoms. The Labute approximate surface area is 271 Å². The van der Waals surface area contributed by atoms with Crippen molar-refractivity contribution in [3.05, 3.63) is 29.8 Å². The Morgan fingerprint density at radius 2 is 1.70 bits per heavy atom. The maximum Gasteiger partial charge on any atom is 0.338 e. The van der Waals surface area contributed by atoms with Crippen molar-refractivity contribution >= 4 is 11.9 Å². The lowest BCUT2D eigenvalue weighted by Gasteiger charge is -2.69. The largest absolute Gasteiger partial charge is 0.497 e. The highest BCUT2D eigenvalue weighted by molar-refractivity contribution is 5.89. The fourth-order valence-corrected chi connectivity index (χ4v) is 12.5. The molecule has 11 heteroatoms. The summed E-state index contributed by atoms with van der Waals surface area (Å²) in [6.45, 7) is 5.71. The summed E-state index contributed by atoms with van der Waals surface area (Å²) in [5, 5.41) is 12.5. The molecule has 1 saturated heterocycles. The van der Waals surface area contributed by atoms with Gasteiger partial charge in [0.15, 0.2) is 5.60 Å².